The minimum atomic E-state index is -1.32. The van der Waals surface area contributed by atoms with Crippen LogP contribution in [0.5, 0.6) is 0 Å². The summed E-state index contributed by atoms with van der Waals surface area (Å²) in [4.78, 5) is 0. The van der Waals surface area contributed by atoms with Crippen molar-refractivity contribution in [1.29, 1.82) is 0 Å². The zero-order chi connectivity index (χ0) is 8.58. The fraction of sp³-hybridized carbons (Fsp3) is 1.00. The number of hydrogen-bond acceptors (Lipinski definition) is 0. The molecule has 0 saturated carbocycles. The minimum absolute atomic E-state index is 0.431. The van der Waals surface area contributed by atoms with Gasteiger partial charge in [0.05, 0.1) is 7.85 Å². The fourth-order valence-corrected chi connectivity index (χ4v) is 0.850. The van der Waals surface area contributed by atoms with Crippen molar-refractivity contribution in [2.75, 3.05) is 0 Å². The van der Waals surface area contributed by atoms with Crippen LogP contribution in [0.1, 0.15) is 27.7 Å². The summed E-state index contributed by atoms with van der Waals surface area (Å²) in [6.07, 6.45) is 0. The maximum atomic E-state index is 13.6. The molecule has 58 valence electrons. The van der Waals surface area contributed by atoms with Crippen molar-refractivity contribution in [3.05, 3.63) is 0 Å². The Bertz CT molecular complexity index is 115. The molecule has 0 spiro atoms. The van der Waals surface area contributed by atoms with Crippen LogP contribution in [0, 0.1) is 0 Å². The summed E-state index contributed by atoms with van der Waals surface area (Å²) in [7, 11) is 7.94. The molecule has 2 radical (unpaired) electrons. The lowest BCUT2D eigenvalue weighted by Gasteiger charge is -2.38. The maximum absolute atomic E-state index is 13.6. The van der Waals surface area contributed by atoms with E-state index in [1.807, 2.05) is 13.8 Å². The summed E-state index contributed by atoms with van der Waals surface area (Å²) in [5.74, 6) is -0.431. The van der Waals surface area contributed by atoms with Crippen molar-refractivity contribution in [2.45, 2.75) is 44.3 Å². The topological polar surface area (TPSA) is 0 Å². The quantitative estimate of drug-likeness (QED) is 0.429. The molecule has 10 heavy (non-hydrogen) atoms. The van der Waals surface area contributed by atoms with Crippen molar-refractivity contribution in [2.24, 2.45) is 0 Å². The van der Waals surface area contributed by atoms with Gasteiger partial charge < -0.3 is 0 Å². The average molecular weight is 160 g/mol. The molecule has 0 aromatic heterocycles. The Morgan fingerprint density at radius 2 is 1.70 bits per heavy atom. The van der Waals surface area contributed by atoms with E-state index in [4.69, 9.17) is 7.85 Å². The van der Waals surface area contributed by atoms with Crippen LogP contribution >= 0.6 is 9.24 Å². The Hall–Kier alpha value is 0.425. The van der Waals surface area contributed by atoms with Gasteiger partial charge >= 0.3 is 0 Å². The molecule has 0 aromatic rings. The lowest BCUT2D eigenvalue weighted by molar-refractivity contribution is 0.140. The summed E-state index contributed by atoms with van der Waals surface area (Å²) in [6.45, 7) is 6.86. The highest BCUT2D eigenvalue weighted by Gasteiger charge is 2.39. The number of rotatable bonds is 2. The number of halogens is 1. The van der Waals surface area contributed by atoms with Crippen LogP contribution in [0.3, 0.4) is 0 Å². The summed E-state index contributed by atoms with van der Waals surface area (Å²) >= 11 is 0. The van der Waals surface area contributed by atoms with Crippen LogP contribution in [0.4, 0.5) is 4.39 Å². The summed E-state index contributed by atoms with van der Waals surface area (Å²) in [5, 5.41) is -0.457. The van der Waals surface area contributed by atoms with E-state index in [2.05, 4.69) is 9.24 Å². The highest BCUT2D eigenvalue weighted by Crippen LogP contribution is 2.41. The molecule has 0 aromatic carbocycles. The van der Waals surface area contributed by atoms with Gasteiger partial charge in [-0.25, -0.2) is 4.39 Å². The van der Waals surface area contributed by atoms with Crippen molar-refractivity contribution in [3.8, 4) is 0 Å². The molecule has 3 atom stereocenters. The van der Waals surface area contributed by atoms with E-state index in [9.17, 15) is 4.39 Å². The van der Waals surface area contributed by atoms with Gasteiger partial charge in [0.25, 0.3) is 0 Å². The van der Waals surface area contributed by atoms with Gasteiger partial charge in [-0.05, 0) is 12.7 Å². The van der Waals surface area contributed by atoms with Crippen LogP contribution in [0.2, 0.25) is 5.82 Å². The molecule has 0 heterocycles. The van der Waals surface area contributed by atoms with Crippen LogP contribution in [0.15, 0.2) is 0 Å². The van der Waals surface area contributed by atoms with Gasteiger partial charge in [0.15, 0.2) is 0 Å². The van der Waals surface area contributed by atoms with Crippen molar-refractivity contribution in [1.82, 2.24) is 0 Å². The van der Waals surface area contributed by atoms with Gasteiger partial charge in [-0.15, -0.1) is 9.24 Å². The maximum Gasteiger partial charge on any atom is 0.111 e. The van der Waals surface area contributed by atoms with Gasteiger partial charge in [0, 0.05) is 5.16 Å². The molecule has 0 fully saturated rings. The number of alkyl halides is 1. The van der Waals surface area contributed by atoms with E-state index in [1.165, 1.54) is 6.92 Å². The highest BCUT2D eigenvalue weighted by atomic mass is 31.0. The molecular formula is C7H15BFP. The molecule has 0 bridgehead atoms. The molecule has 0 N–H and O–H groups in total. The third kappa shape index (κ3) is 1.95. The fourth-order valence-electron chi connectivity index (χ4n) is 0.587. The van der Waals surface area contributed by atoms with Crippen LogP contribution in [-0.4, -0.2) is 18.7 Å². The molecule has 0 aliphatic rings. The van der Waals surface area contributed by atoms with Crippen LogP contribution in [0.25, 0.3) is 0 Å². The van der Waals surface area contributed by atoms with Crippen LogP contribution in [-0.2, 0) is 0 Å². The van der Waals surface area contributed by atoms with E-state index >= 15 is 0 Å². The first-order valence-corrected chi connectivity index (χ1v) is 4.00. The minimum Gasteiger partial charge on any atom is -0.244 e. The molecule has 3 heteroatoms. The molecule has 0 amide bonds. The molecular weight excluding hydrogens is 145 g/mol. The Labute approximate surface area is 66.6 Å². The van der Waals surface area contributed by atoms with Crippen LogP contribution < -0.4 is 0 Å². The monoisotopic (exact) mass is 160 g/mol. The smallest absolute Gasteiger partial charge is 0.111 e. The Morgan fingerprint density at radius 1 is 1.40 bits per heavy atom. The van der Waals surface area contributed by atoms with Crippen molar-refractivity contribution < 1.29 is 4.39 Å². The van der Waals surface area contributed by atoms with Gasteiger partial charge in [-0.2, -0.15) is 0 Å². The summed E-state index contributed by atoms with van der Waals surface area (Å²) in [5.41, 5.74) is -1.32. The lowest BCUT2D eigenvalue weighted by atomic mass is 9.71. The molecule has 3 unspecified atom stereocenters. The molecule has 0 saturated heterocycles. The Kier molecular flexibility index (Phi) is 2.93. The summed E-state index contributed by atoms with van der Waals surface area (Å²) < 4.78 is 13.6. The first kappa shape index (κ1) is 10.4. The zero-order valence-corrected chi connectivity index (χ0v) is 8.26. The van der Waals surface area contributed by atoms with Gasteiger partial charge in [-0.3, -0.25) is 0 Å². The van der Waals surface area contributed by atoms with E-state index in [0.29, 0.717) is 0 Å². The third-order valence-corrected chi connectivity index (χ3v) is 2.68. The third-order valence-electron chi connectivity index (χ3n) is 2.11. The second-order valence-corrected chi connectivity index (χ2v) is 5.03. The highest BCUT2D eigenvalue weighted by molar-refractivity contribution is 7.19. The standard InChI is InChI=1S/C7H15BFP/c1-5(8)7(4,9)6(2,3)10/h5H,10H2,1-4H3. The Balaban J connectivity index is 4.40. The first-order chi connectivity index (χ1) is 4.19. The van der Waals surface area contributed by atoms with E-state index < -0.39 is 16.6 Å². The van der Waals surface area contributed by atoms with Gasteiger partial charge in [-0.1, -0.05) is 20.8 Å². The average Bonchev–Trinajstić information content (AvgIpc) is 1.62. The second-order valence-electron chi connectivity index (χ2n) is 3.59. The van der Waals surface area contributed by atoms with E-state index in [1.54, 1.807) is 6.92 Å². The summed E-state index contributed by atoms with van der Waals surface area (Å²) in [6, 6.07) is 0. The zero-order valence-electron chi connectivity index (χ0n) is 7.11. The van der Waals surface area contributed by atoms with Crippen molar-refractivity contribution in [3.63, 3.8) is 0 Å². The van der Waals surface area contributed by atoms with E-state index in [-0.39, 0.29) is 0 Å². The second kappa shape index (κ2) is 2.81. The van der Waals surface area contributed by atoms with Crippen molar-refractivity contribution >= 4 is 17.1 Å². The Morgan fingerprint density at radius 3 is 1.70 bits per heavy atom. The molecule has 0 aliphatic carbocycles. The predicted molar refractivity (Wildman–Crippen MR) is 48.5 cm³/mol. The lowest BCUT2D eigenvalue weighted by Crippen LogP contribution is -2.41. The molecule has 0 rings (SSSR count). The van der Waals surface area contributed by atoms with Gasteiger partial charge in [0.1, 0.15) is 5.67 Å². The largest absolute Gasteiger partial charge is 0.244 e. The van der Waals surface area contributed by atoms with E-state index in [0.717, 1.165) is 0 Å². The SMILES string of the molecule is [B]C(C)C(C)(F)C(C)(C)P. The number of hydrogen-bond donors (Lipinski definition) is 0. The normalized spacial score (nSPS) is 21.8. The molecule has 0 nitrogen and oxygen atoms in total. The first-order valence-electron chi connectivity index (χ1n) is 3.43. The van der Waals surface area contributed by atoms with Gasteiger partial charge in [0.2, 0.25) is 0 Å². The molecule has 0 aliphatic heterocycles. The predicted octanol–water partition coefficient (Wildman–Crippen LogP) is 2.35.